The first-order valence-electron chi connectivity index (χ1n) is 12.5. The lowest BCUT2D eigenvalue weighted by atomic mass is 10.00. The molecule has 1 heterocycles. The van der Waals surface area contributed by atoms with Crippen molar-refractivity contribution in [2.24, 2.45) is 7.05 Å². The van der Waals surface area contributed by atoms with Gasteiger partial charge in [-0.15, -0.1) is 0 Å². The van der Waals surface area contributed by atoms with Crippen molar-refractivity contribution in [1.82, 2.24) is 9.88 Å². The largest absolute Gasteiger partial charge is 0.391 e. The minimum Gasteiger partial charge on any atom is -0.391 e. The first-order valence-corrected chi connectivity index (χ1v) is 12.5. The van der Waals surface area contributed by atoms with E-state index in [2.05, 4.69) is 12.2 Å². The molecule has 0 aliphatic carbocycles. The number of aromatic nitrogens is 1. The Morgan fingerprint density at radius 1 is 0.938 bits per heavy atom. The molecule has 2 aromatic rings. The highest BCUT2D eigenvalue weighted by Crippen LogP contribution is 2.19. The van der Waals surface area contributed by atoms with Crippen LogP contribution in [0.2, 0.25) is 0 Å². The van der Waals surface area contributed by atoms with Gasteiger partial charge in [-0.2, -0.15) is 0 Å². The van der Waals surface area contributed by atoms with Crippen LogP contribution in [0.1, 0.15) is 101 Å². The number of carbonyl (C=O) groups is 2. The average Bonchev–Trinajstić information content (AvgIpc) is 3.12. The number of carbonyl (C=O) groups excluding carboxylic acids is 2. The fraction of sp³-hybridized carbons (Fsp3) is 0.630. The number of Topliss-reactive ketones (excluding diaryl/α,β-unsaturated/α-hetero) is 1. The van der Waals surface area contributed by atoms with Gasteiger partial charge in [-0.1, -0.05) is 89.3 Å². The third-order valence-electron chi connectivity index (χ3n) is 6.33. The number of fused-ring (bicyclic) bond motifs is 1. The van der Waals surface area contributed by atoms with E-state index in [9.17, 15) is 14.7 Å². The number of benzene rings is 1. The van der Waals surface area contributed by atoms with Crippen LogP contribution < -0.4 is 5.32 Å². The maximum Gasteiger partial charge on any atom is 0.268 e. The summed E-state index contributed by atoms with van der Waals surface area (Å²) < 4.78 is 1.82. The molecule has 1 aromatic heterocycles. The van der Waals surface area contributed by atoms with Crippen LogP contribution in [0.3, 0.4) is 0 Å². The Morgan fingerprint density at radius 3 is 2.06 bits per heavy atom. The maximum absolute atomic E-state index is 12.8. The van der Waals surface area contributed by atoms with Crippen molar-refractivity contribution < 1.29 is 14.7 Å². The number of para-hydroxylation sites is 1. The quantitative estimate of drug-likeness (QED) is 0.317. The van der Waals surface area contributed by atoms with Crippen molar-refractivity contribution in [2.75, 3.05) is 0 Å². The molecule has 2 atom stereocenters. The summed E-state index contributed by atoms with van der Waals surface area (Å²) in [6.45, 7) is 3.80. The zero-order valence-corrected chi connectivity index (χ0v) is 20.2. The number of aliphatic hydroxyl groups excluding tert-OH is 1. The minimum atomic E-state index is -0.922. The molecule has 1 amide bonds. The van der Waals surface area contributed by atoms with E-state index in [1.165, 1.54) is 51.4 Å². The number of amides is 1. The van der Waals surface area contributed by atoms with E-state index < -0.39 is 12.1 Å². The molecule has 0 saturated carbocycles. The number of ketones is 1. The Bertz CT molecular complexity index is 841. The second-order valence-electron chi connectivity index (χ2n) is 9.09. The molecule has 5 heteroatoms. The second-order valence-corrected chi connectivity index (χ2v) is 9.09. The zero-order valence-electron chi connectivity index (χ0n) is 20.2. The maximum atomic E-state index is 12.8. The zero-order chi connectivity index (χ0) is 23.3. The van der Waals surface area contributed by atoms with Crippen molar-refractivity contribution in [3.8, 4) is 0 Å². The van der Waals surface area contributed by atoms with Gasteiger partial charge in [0.15, 0.2) is 5.78 Å². The van der Waals surface area contributed by atoms with Crippen LogP contribution in [0.15, 0.2) is 30.3 Å². The molecule has 0 saturated heterocycles. The number of hydrogen-bond acceptors (Lipinski definition) is 3. The molecule has 32 heavy (non-hydrogen) atoms. The average molecular weight is 443 g/mol. The third-order valence-corrected chi connectivity index (χ3v) is 6.33. The summed E-state index contributed by atoms with van der Waals surface area (Å²) in [5.41, 5.74) is 1.44. The Morgan fingerprint density at radius 2 is 1.50 bits per heavy atom. The lowest BCUT2D eigenvalue weighted by Crippen LogP contribution is -2.48. The standard InChI is InChI=1S/C27H42N2O3/c1-4-5-6-7-8-9-10-11-12-13-14-19-25(31)26(21(2)30)28-27(32)24-20-22-17-15-16-18-23(22)29(24)3/h15-18,20-21,26,30H,4-14,19H2,1-3H3,(H,28,32)/t21-,26+/m1/s1. The number of nitrogens with zero attached hydrogens (tertiary/aromatic N) is 1. The van der Waals surface area contributed by atoms with Gasteiger partial charge >= 0.3 is 0 Å². The molecule has 2 N–H and O–H groups in total. The predicted octanol–water partition coefficient (Wildman–Crippen LogP) is 5.93. The summed E-state index contributed by atoms with van der Waals surface area (Å²) in [5, 5.41) is 13.9. The summed E-state index contributed by atoms with van der Waals surface area (Å²) in [6, 6.07) is 8.72. The van der Waals surface area contributed by atoms with Crippen LogP contribution >= 0.6 is 0 Å². The number of aryl methyl sites for hydroxylation is 1. The van der Waals surface area contributed by atoms with Crippen molar-refractivity contribution in [3.63, 3.8) is 0 Å². The Hall–Kier alpha value is -2.14. The van der Waals surface area contributed by atoms with Gasteiger partial charge in [-0.05, 0) is 25.5 Å². The van der Waals surface area contributed by atoms with E-state index in [0.717, 1.165) is 30.2 Å². The molecule has 0 bridgehead atoms. The van der Waals surface area contributed by atoms with Crippen molar-refractivity contribution in [1.29, 1.82) is 0 Å². The molecule has 0 aliphatic heterocycles. The Kier molecular flexibility index (Phi) is 11.5. The van der Waals surface area contributed by atoms with Crippen LogP contribution in [0, 0.1) is 0 Å². The first-order chi connectivity index (χ1) is 15.5. The molecule has 0 fully saturated rings. The normalized spacial score (nSPS) is 13.2. The molecule has 0 aliphatic rings. The highest BCUT2D eigenvalue weighted by atomic mass is 16.3. The van der Waals surface area contributed by atoms with Gasteiger partial charge in [-0.25, -0.2) is 0 Å². The Balaban J connectivity index is 1.72. The number of nitrogens with one attached hydrogen (secondary N) is 1. The lowest BCUT2D eigenvalue weighted by molar-refractivity contribution is -0.123. The van der Waals surface area contributed by atoms with E-state index in [0.29, 0.717) is 12.1 Å². The van der Waals surface area contributed by atoms with E-state index in [4.69, 9.17) is 0 Å². The van der Waals surface area contributed by atoms with Gasteiger partial charge in [0.1, 0.15) is 11.7 Å². The lowest BCUT2D eigenvalue weighted by Gasteiger charge is -2.20. The van der Waals surface area contributed by atoms with E-state index >= 15 is 0 Å². The van der Waals surface area contributed by atoms with Gasteiger partial charge in [0.25, 0.3) is 5.91 Å². The summed E-state index contributed by atoms with van der Waals surface area (Å²) >= 11 is 0. The van der Waals surface area contributed by atoms with Crippen molar-refractivity contribution >= 4 is 22.6 Å². The molecule has 1 aromatic carbocycles. The van der Waals surface area contributed by atoms with Gasteiger partial charge in [0, 0.05) is 24.4 Å². The van der Waals surface area contributed by atoms with Crippen LogP contribution in [0.5, 0.6) is 0 Å². The number of aliphatic hydroxyl groups is 1. The Labute approximate surface area is 193 Å². The second kappa shape index (κ2) is 14.1. The summed E-state index contributed by atoms with van der Waals surface area (Å²) in [7, 11) is 1.83. The van der Waals surface area contributed by atoms with Gasteiger partial charge in [0.2, 0.25) is 0 Å². The molecule has 5 nitrogen and oxygen atoms in total. The molecule has 0 spiro atoms. The summed E-state index contributed by atoms with van der Waals surface area (Å²) in [4.78, 5) is 25.5. The van der Waals surface area contributed by atoms with Crippen molar-refractivity contribution in [3.05, 3.63) is 36.0 Å². The van der Waals surface area contributed by atoms with E-state index in [-0.39, 0.29) is 11.7 Å². The minimum absolute atomic E-state index is 0.0944. The third kappa shape index (κ3) is 8.09. The van der Waals surface area contributed by atoms with E-state index in [1.807, 2.05) is 41.9 Å². The van der Waals surface area contributed by atoms with Crippen LogP contribution in [-0.4, -0.2) is 33.5 Å². The van der Waals surface area contributed by atoms with Crippen LogP contribution in [0.25, 0.3) is 10.9 Å². The first kappa shape index (κ1) is 26.1. The summed E-state index contributed by atoms with van der Waals surface area (Å²) in [5.74, 6) is -0.426. The molecule has 178 valence electrons. The molecular weight excluding hydrogens is 400 g/mol. The van der Waals surface area contributed by atoms with Gasteiger partial charge in [0.05, 0.1) is 6.10 Å². The van der Waals surface area contributed by atoms with Crippen molar-refractivity contribution in [2.45, 2.75) is 103 Å². The number of rotatable bonds is 16. The van der Waals surface area contributed by atoms with Crippen LogP contribution in [-0.2, 0) is 11.8 Å². The predicted molar refractivity (Wildman–Crippen MR) is 132 cm³/mol. The van der Waals surface area contributed by atoms with Crippen LogP contribution in [0.4, 0.5) is 0 Å². The SMILES string of the molecule is CCCCCCCCCCCCCC(=O)[C@@H](NC(=O)c1cc2ccccc2n1C)[C@@H](C)O. The topological polar surface area (TPSA) is 71.3 Å². The van der Waals surface area contributed by atoms with Gasteiger partial charge in [-0.3, -0.25) is 9.59 Å². The fourth-order valence-electron chi connectivity index (χ4n) is 4.31. The number of hydrogen-bond donors (Lipinski definition) is 2. The monoisotopic (exact) mass is 442 g/mol. The fourth-order valence-corrected chi connectivity index (χ4v) is 4.31. The highest BCUT2D eigenvalue weighted by molar-refractivity contribution is 6.01. The van der Waals surface area contributed by atoms with Gasteiger partial charge < -0.3 is 15.0 Å². The summed E-state index contributed by atoms with van der Waals surface area (Å²) in [6.07, 6.45) is 12.9. The van der Waals surface area contributed by atoms with E-state index in [1.54, 1.807) is 6.92 Å². The molecule has 2 rings (SSSR count). The molecular formula is C27H42N2O3. The highest BCUT2D eigenvalue weighted by Gasteiger charge is 2.26. The molecule has 0 unspecified atom stereocenters. The number of unbranched alkanes of at least 4 members (excludes halogenated alkanes) is 10. The molecule has 0 radical (unpaired) electrons. The smallest absolute Gasteiger partial charge is 0.268 e.